The van der Waals surface area contributed by atoms with Crippen molar-refractivity contribution in [1.82, 2.24) is 0 Å². The Morgan fingerprint density at radius 3 is 2.33 bits per heavy atom. The van der Waals surface area contributed by atoms with E-state index < -0.39 is 0 Å². The summed E-state index contributed by atoms with van der Waals surface area (Å²) in [5.41, 5.74) is 3.25. The first-order valence-electron chi connectivity index (χ1n) is 7.89. The second-order valence-corrected chi connectivity index (χ2v) is 6.65. The Hall–Kier alpha value is -0.780. The van der Waals surface area contributed by atoms with Gasteiger partial charge in [-0.3, -0.25) is 0 Å². The minimum Gasteiger partial charge on any atom is -0.0620 e. The fourth-order valence-electron chi connectivity index (χ4n) is 4.12. The number of hydrogen-bond donors (Lipinski definition) is 0. The molecule has 0 saturated heterocycles. The van der Waals surface area contributed by atoms with Crippen molar-refractivity contribution >= 4 is 0 Å². The number of fused-ring (bicyclic) bond motifs is 1. The van der Waals surface area contributed by atoms with Gasteiger partial charge in [0.1, 0.15) is 0 Å². The van der Waals surface area contributed by atoms with Crippen LogP contribution in [0.5, 0.6) is 0 Å². The van der Waals surface area contributed by atoms with Crippen molar-refractivity contribution < 1.29 is 0 Å². The van der Waals surface area contributed by atoms with E-state index >= 15 is 0 Å². The molecule has 1 aromatic rings. The van der Waals surface area contributed by atoms with Gasteiger partial charge in [-0.15, -0.1) is 0 Å². The summed E-state index contributed by atoms with van der Waals surface area (Å²) in [6, 6.07) is 9.11. The molecule has 0 aromatic heterocycles. The molecule has 0 N–H and O–H groups in total. The first-order chi connectivity index (χ1) is 8.83. The lowest BCUT2D eigenvalue weighted by molar-refractivity contribution is 0.227. The molecule has 0 spiro atoms. The van der Waals surface area contributed by atoms with Crippen molar-refractivity contribution in [2.75, 3.05) is 0 Å². The zero-order valence-electron chi connectivity index (χ0n) is 11.7. The average Bonchev–Trinajstić information content (AvgIpc) is 2.41. The summed E-state index contributed by atoms with van der Waals surface area (Å²) in [4.78, 5) is 0. The molecule has 2 aliphatic rings. The molecular weight excluding hydrogens is 216 g/mol. The Kier molecular flexibility index (Phi) is 3.72. The van der Waals surface area contributed by atoms with Gasteiger partial charge in [-0.05, 0) is 48.1 Å². The molecule has 2 unspecified atom stereocenters. The van der Waals surface area contributed by atoms with Crippen LogP contribution >= 0.6 is 0 Å². The molecule has 1 aromatic carbocycles. The molecule has 0 amide bonds. The molecule has 0 bridgehead atoms. The van der Waals surface area contributed by atoms with Crippen molar-refractivity contribution in [3.8, 4) is 0 Å². The molecule has 1 fully saturated rings. The molecule has 3 rings (SSSR count). The van der Waals surface area contributed by atoms with Crippen LogP contribution in [-0.2, 0) is 12.8 Å². The Morgan fingerprint density at radius 2 is 1.61 bits per heavy atom. The number of benzene rings is 1. The Bertz CT molecular complexity index is 387. The van der Waals surface area contributed by atoms with Crippen molar-refractivity contribution in [2.24, 2.45) is 17.8 Å². The molecule has 0 aliphatic heterocycles. The summed E-state index contributed by atoms with van der Waals surface area (Å²) in [6.07, 6.45) is 11.6. The Labute approximate surface area is 112 Å². The lowest BCUT2D eigenvalue weighted by atomic mass is 9.71. The topological polar surface area (TPSA) is 0 Å². The molecule has 0 heteroatoms. The maximum absolute atomic E-state index is 2.48. The third-order valence-corrected chi connectivity index (χ3v) is 5.31. The van der Waals surface area contributed by atoms with Crippen LogP contribution < -0.4 is 0 Å². The second kappa shape index (κ2) is 5.47. The number of hydrogen-bond acceptors (Lipinski definition) is 0. The summed E-state index contributed by atoms with van der Waals surface area (Å²) >= 11 is 0. The second-order valence-electron chi connectivity index (χ2n) is 6.65. The van der Waals surface area contributed by atoms with Crippen LogP contribution in [0.1, 0.15) is 56.6 Å². The van der Waals surface area contributed by atoms with E-state index in [9.17, 15) is 0 Å². The van der Waals surface area contributed by atoms with Gasteiger partial charge in [0.2, 0.25) is 0 Å². The molecule has 0 nitrogen and oxygen atoms in total. The van der Waals surface area contributed by atoms with Crippen LogP contribution in [0.25, 0.3) is 0 Å². The summed E-state index contributed by atoms with van der Waals surface area (Å²) < 4.78 is 0. The van der Waals surface area contributed by atoms with E-state index in [0.29, 0.717) is 0 Å². The summed E-state index contributed by atoms with van der Waals surface area (Å²) in [7, 11) is 0. The first-order valence-corrected chi connectivity index (χ1v) is 7.89. The van der Waals surface area contributed by atoms with Crippen LogP contribution in [-0.4, -0.2) is 0 Å². The fourth-order valence-corrected chi connectivity index (χ4v) is 4.12. The first kappa shape index (κ1) is 12.3. The van der Waals surface area contributed by atoms with Crippen LogP contribution in [0.2, 0.25) is 0 Å². The van der Waals surface area contributed by atoms with E-state index in [1.807, 2.05) is 0 Å². The van der Waals surface area contributed by atoms with E-state index in [0.717, 1.165) is 17.8 Å². The largest absolute Gasteiger partial charge is 0.0620 e. The predicted octanol–water partition coefficient (Wildman–Crippen LogP) is 5.01. The maximum Gasteiger partial charge on any atom is -0.0245 e. The van der Waals surface area contributed by atoms with Gasteiger partial charge in [0, 0.05) is 0 Å². The molecule has 98 valence electrons. The van der Waals surface area contributed by atoms with E-state index in [-0.39, 0.29) is 0 Å². The van der Waals surface area contributed by atoms with Gasteiger partial charge in [0.15, 0.2) is 0 Å². The van der Waals surface area contributed by atoms with Gasteiger partial charge in [-0.2, -0.15) is 0 Å². The fraction of sp³-hybridized carbons (Fsp3) is 0.667. The molecular formula is C18H26. The highest BCUT2D eigenvalue weighted by Gasteiger charge is 2.27. The van der Waals surface area contributed by atoms with Crippen LogP contribution in [0, 0.1) is 17.8 Å². The lowest BCUT2D eigenvalue weighted by Crippen LogP contribution is -2.26. The lowest BCUT2D eigenvalue weighted by Gasteiger charge is -2.34. The van der Waals surface area contributed by atoms with E-state index in [1.54, 1.807) is 11.1 Å². The highest BCUT2D eigenvalue weighted by Crippen LogP contribution is 2.37. The third kappa shape index (κ3) is 2.63. The monoisotopic (exact) mass is 242 g/mol. The normalized spacial score (nSPS) is 28.9. The van der Waals surface area contributed by atoms with Gasteiger partial charge in [-0.25, -0.2) is 0 Å². The maximum atomic E-state index is 2.48. The van der Waals surface area contributed by atoms with E-state index in [4.69, 9.17) is 0 Å². The number of rotatable bonds is 2. The SMILES string of the molecule is CC1Cc2ccccc2CC1CC1CCCCC1. The predicted molar refractivity (Wildman–Crippen MR) is 77.7 cm³/mol. The van der Waals surface area contributed by atoms with Crippen LogP contribution in [0.4, 0.5) is 0 Å². The molecule has 1 saturated carbocycles. The van der Waals surface area contributed by atoms with E-state index in [1.165, 1.54) is 51.4 Å². The van der Waals surface area contributed by atoms with E-state index in [2.05, 4.69) is 31.2 Å². The van der Waals surface area contributed by atoms with Gasteiger partial charge in [-0.1, -0.05) is 63.3 Å². The zero-order chi connectivity index (χ0) is 12.4. The van der Waals surface area contributed by atoms with Gasteiger partial charge < -0.3 is 0 Å². The highest BCUT2D eigenvalue weighted by atomic mass is 14.3. The molecule has 18 heavy (non-hydrogen) atoms. The Balaban J connectivity index is 1.66. The molecule has 0 radical (unpaired) electrons. The summed E-state index contributed by atoms with van der Waals surface area (Å²) in [6.45, 7) is 2.48. The molecule has 0 heterocycles. The van der Waals surface area contributed by atoms with Crippen LogP contribution in [0.15, 0.2) is 24.3 Å². The van der Waals surface area contributed by atoms with Gasteiger partial charge in [0.25, 0.3) is 0 Å². The van der Waals surface area contributed by atoms with Crippen LogP contribution in [0.3, 0.4) is 0 Å². The summed E-state index contributed by atoms with van der Waals surface area (Å²) in [5, 5.41) is 0. The average molecular weight is 242 g/mol. The molecule has 2 atom stereocenters. The van der Waals surface area contributed by atoms with Gasteiger partial charge in [0.05, 0.1) is 0 Å². The third-order valence-electron chi connectivity index (χ3n) is 5.31. The van der Waals surface area contributed by atoms with Crippen molar-refractivity contribution in [2.45, 2.75) is 58.3 Å². The van der Waals surface area contributed by atoms with Gasteiger partial charge >= 0.3 is 0 Å². The zero-order valence-corrected chi connectivity index (χ0v) is 11.7. The van der Waals surface area contributed by atoms with Crippen molar-refractivity contribution in [1.29, 1.82) is 0 Å². The molecule has 2 aliphatic carbocycles. The minimum absolute atomic E-state index is 0.891. The quantitative estimate of drug-likeness (QED) is 0.684. The summed E-state index contributed by atoms with van der Waals surface area (Å²) in [5.74, 6) is 2.88. The van der Waals surface area contributed by atoms with Crippen molar-refractivity contribution in [3.05, 3.63) is 35.4 Å². The standard InChI is InChI=1S/C18H26/c1-14-11-16-9-5-6-10-17(16)13-18(14)12-15-7-3-2-4-8-15/h5-6,9-10,14-15,18H,2-4,7-8,11-13H2,1H3. The van der Waals surface area contributed by atoms with Crippen molar-refractivity contribution in [3.63, 3.8) is 0 Å². The highest BCUT2D eigenvalue weighted by molar-refractivity contribution is 5.30. The Morgan fingerprint density at radius 1 is 0.944 bits per heavy atom. The minimum atomic E-state index is 0.891. The smallest absolute Gasteiger partial charge is 0.0245 e.